The second kappa shape index (κ2) is 12.5. The Morgan fingerprint density at radius 3 is 2.74 bits per heavy atom. The van der Waals surface area contributed by atoms with Crippen LogP contribution in [0.15, 0.2) is 60.8 Å². The van der Waals surface area contributed by atoms with Gasteiger partial charge in [0, 0.05) is 45.0 Å². The first kappa shape index (κ1) is 25.0. The molecular weight excluding hydrogens is 442 g/mol. The smallest absolute Gasteiger partial charge is 0.219 e. The Hall–Kier alpha value is -3.13. The first-order valence-electron chi connectivity index (χ1n) is 12.2. The summed E-state index contributed by atoms with van der Waals surface area (Å²) in [6, 6.07) is 17.7. The largest absolute Gasteiger partial charge is 0.506 e. The van der Waals surface area contributed by atoms with Crippen molar-refractivity contribution in [1.29, 1.82) is 0 Å². The van der Waals surface area contributed by atoms with Crippen molar-refractivity contribution in [1.82, 2.24) is 10.3 Å². The van der Waals surface area contributed by atoms with Crippen molar-refractivity contribution in [3.05, 3.63) is 77.5 Å². The lowest BCUT2D eigenvalue weighted by atomic mass is 9.87. The van der Waals surface area contributed by atoms with E-state index in [2.05, 4.69) is 27.8 Å². The number of anilines is 1. The predicted molar refractivity (Wildman–Crippen MR) is 137 cm³/mol. The van der Waals surface area contributed by atoms with E-state index >= 15 is 0 Å². The number of aromatic hydroxyl groups is 1. The maximum absolute atomic E-state index is 10.2. The fraction of sp³-hybridized carbons (Fsp3) is 0.393. The molecule has 1 saturated heterocycles. The van der Waals surface area contributed by atoms with E-state index < -0.39 is 0 Å². The van der Waals surface area contributed by atoms with Crippen LogP contribution < -0.4 is 15.4 Å². The molecule has 3 N–H and O–H groups in total. The van der Waals surface area contributed by atoms with Crippen LogP contribution in [0.4, 0.5) is 5.69 Å². The summed E-state index contributed by atoms with van der Waals surface area (Å²) in [6.07, 6.45) is 3.74. The summed E-state index contributed by atoms with van der Waals surface area (Å²) in [5.74, 6) is 1.90. The van der Waals surface area contributed by atoms with E-state index in [1.54, 1.807) is 19.4 Å². The Morgan fingerprint density at radius 2 is 1.97 bits per heavy atom. The number of nitrogens with zero attached hydrogens (tertiary/aromatic N) is 1. The summed E-state index contributed by atoms with van der Waals surface area (Å²) in [6.45, 7) is 5.67. The Kier molecular flexibility index (Phi) is 8.95. The molecule has 2 aromatic carbocycles. The fourth-order valence-electron chi connectivity index (χ4n) is 4.26. The van der Waals surface area contributed by atoms with Crippen molar-refractivity contribution >= 4 is 5.69 Å². The fourth-order valence-corrected chi connectivity index (χ4v) is 4.26. The molecule has 0 bridgehead atoms. The molecule has 1 fully saturated rings. The number of benzene rings is 2. The van der Waals surface area contributed by atoms with Gasteiger partial charge in [-0.3, -0.25) is 0 Å². The zero-order chi connectivity index (χ0) is 24.5. The van der Waals surface area contributed by atoms with Crippen LogP contribution in [-0.4, -0.2) is 49.5 Å². The van der Waals surface area contributed by atoms with Crippen LogP contribution in [-0.2, 0) is 16.1 Å². The van der Waals surface area contributed by atoms with Gasteiger partial charge in [-0.15, -0.1) is 0 Å². The predicted octanol–water partition coefficient (Wildman–Crippen LogP) is 5.00. The van der Waals surface area contributed by atoms with E-state index in [0.29, 0.717) is 25.0 Å². The zero-order valence-electron chi connectivity index (χ0n) is 20.5. The molecule has 4 rings (SSSR count). The number of nitrogens with one attached hydrogen (secondary N) is 2. The molecule has 7 heteroatoms. The third kappa shape index (κ3) is 7.18. The van der Waals surface area contributed by atoms with Gasteiger partial charge < -0.3 is 30.0 Å². The average molecular weight is 478 g/mol. The molecule has 3 aromatic rings. The van der Waals surface area contributed by atoms with Crippen molar-refractivity contribution in [3.8, 4) is 17.4 Å². The molecule has 2 atom stereocenters. The van der Waals surface area contributed by atoms with E-state index in [1.807, 2.05) is 43.3 Å². The molecule has 7 nitrogen and oxygen atoms in total. The van der Waals surface area contributed by atoms with Crippen LogP contribution in [0.25, 0.3) is 0 Å². The van der Waals surface area contributed by atoms with Crippen molar-refractivity contribution in [3.63, 3.8) is 0 Å². The third-order valence-electron chi connectivity index (χ3n) is 6.21. The second-order valence-corrected chi connectivity index (χ2v) is 8.92. The number of hydrogen-bond acceptors (Lipinski definition) is 7. The SMILES string of the molecule is COCCCNc1cc(COC2CNCC[C@@H]2c2ccc(Oc3ccc(C)cn3)cc2)ccc1O. The number of phenolic OH excluding ortho intramolecular Hbond substituents is 1. The van der Waals surface area contributed by atoms with Gasteiger partial charge in [-0.2, -0.15) is 0 Å². The number of pyridine rings is 1. The Balaban J connectivity index is 1.36. The number of ether oxygens (including phenoxy) is 3. The Morgan fingerprint density at radius 1 is 1.11 bits per heavy atom. The summed E-state index contributed by atoms with van der Waals surface area (Å²) in [4.78, 5) is 4.31. The molecule has 1 aliphatic heterocycles. The highest BCUT2D eigenvalue weighted by atomic mass is 16.5. The van der Waals surface area contributed by atoms with Gasteiger partial charge in [0.1, 0.15) is 11.5 Å². The van der Waals surface area contributed by atoms with Crippen molar-refractivity contribution in [2.75, 3.05) is 38.7 Å². The molecule has 1 aliphatic rings. The Bertz CT molecular complexity index is 1060. The first-order valence-corrected chi connectivity index (χ1v) is 12.2. The van der Waals surface area contributed by atoms with E-state index in [1.165, 1.54) is 5.56 Å². The third-order valence-corrected chi connectivity index (χ3v) is 6.21. The monoisotopic (exact) mass is 477 g/mol. The first-order chi connectivity index (χ1) is 17.1. The number of phenols is 1. The normalized spacial score (nSPS) is 17.8. The van der Waals surface area contributed by atoms with Crippen LogP contribution in [0.1, 0.15) is 35.4 Å². The maximum atomic E-state index is 10.2. The summed E-state index contributed by atoms with van der Waals surface area (Å²) in [5, 5.41) is 16.9. The van der Waals surface area contributed by atoms with E-state index in [-0.39, 0.29) is 11.9 Å². The molecule has 186 valence electrons. The summed E-state index contributed by atoms with van der Waals surface area (Å²) < 4.78 is 17.3. The summed E-state index contributed by atoms with van der Waals surface area (Å²) in [5.41, 5.74) is 4.09. The topological polar surface area (TPSA) is 84.9 Å². The van der Waals surface area contributed by atoms with Crippen LogP contribution in [0, 0.1) is 6.92 Å². The van der Waals surface area contributed by atoms with Crippen molar-refractivity contribution in [2.45, 2.75) is 38.4 Å². The zero-order valence-corrected chi connectivity index (χ0v) is 20.5. The van der Waals surface area contributed by atoms with Crippen molar-refractivity contribution < 1.29 is 19.3 Å². The number of aromatic nitrogens is 1. The van der Waals surface area contributed by atoms with Gasteiger partial charge in [0.2, 0.25) is 5.88 Å². The van der Waals surface area contributed by atoms with E-state index in [9.17, 15) is 5.11 Å². The molecule has 0 radical (unpaired) electrons. The van der Waals surface area contributed by atoms with Gasteiger partial charge in [-0.1, -0.05) is 24.3 Å². The lowest BCUT2D eigenvalue weighted by Crippen LogP contribution is -2.40. The standard InChI is InChI=1S/C28H35N3O4/c1-20-4-11-28(31-17-20)35-23-8-6-22(7-9-23)24-12-14-29-18-27(24)34-19-21-5-10-26(32)25(16-21)30-13-3-15-33-2/h4-11,16-17,24,27,29-30,32H,3,12-15,18-19H2,1-2H3/t24-,27?/m1/s1. The number of methoxy groups -OCH3 is 1. The van der Waals surface area contributed by atoms with Gasteiger partial charge in [-0.05, 0) is 67.3 Å². The van der Waals surface area contributed by atoms with Crippen molar-refractivity contribution in [2.24, 2.45) is 0 Å². The summed E-state index contributed by atoms with van der Waals surface area (Å²) >= 11 is 0. The van der Waals surface area contributed by atoms with Crippen LogP contribution in [0.5, 0.6) is 17.4 Å². The van der Waals surface area contributed by atoms with Gasteiger partial charge in [0.15, 0.2) is 0 Å². The molecule has 0 amide bonds. The quantitative estimate of drug-likeness (QED) is 0.265. The molecule has 0 aliphatic carbocycles. The molecule has 2 heterocycles. The molecule has 0 saturated carbocycles. The highest BCUT2D eigenvalue weighted by molar-refractivity contribution is 5.57. The van der Waals surface area contributed by atoms with Gasteiger partial charge in [-0.25, -0.2) is 4.98 Å². The van der Waals surface area contributed by atoms with Gasteiger partial charge in [0.05, 0.1) is 18.4 Å². The lowest BCUT2D eigenvalue weighted by Gasteiger charge is -2.32. The molecule has 0 spiro atoms. The molecule has 35 heavy (non-hydrogen) atoms. The average Bonchev–Trinajstić information content (AvgIpc) is 2.89. The highest BCUT2D eigenvalue weighted by Gasteiger charge is 2.27. The maximum Gasteiger partial charge on any atom is 0.219 e. The van der Waals surface area contributed by atoms with E-state index in [0.717, 1.165) is 55.0 Å². The van der Waals surface area contributed by atoms with Crippen LogP contribution in [0.3, 0.4) is 0 Å². The minimum Gasteiger partial charge on any atom is -0.506 e. The highest BCUT2D eigenvalue weighted by Crippen LogP contribution is 2.31. The molecular formula is C28H35N3O4. The van der Waals surface area contributed by atoms with Crippen LogP contribution >= 0.6 is 0 Å². The Labute approximate surface area is 207 Å². The molecule has 1 aromatic heterocycles. The summed E-state index contributed by atoms with van der Waals surface area (Å²) in [7, 11) is 1.69. The number of aryl methyl sites for hydroxylation is 1. The minimum absolute atomic E-state index is 0.0567. The lowest BCUT2D eigenvalue weighted by molar-refractivity contribution is 0.0106. The second-order valence-electron chi connectivity index (χ2n) is 8.92. The minimum atomic E-state index is 0.0567. The number of rotatable bonds is 11. The van der Waals surface area contributed by atoms with E-state index in [4.69, 9.17) is 14.2 Å². The van der Waals surface area contributed by atoms with Gasteiger partial charge in [0.25, 0.3) is 0 Å². The number of piperidine rings is 1. The molecule has 1 unspecified atom stereocenters. The van der Waals surface area contributed by atoms with Gasteiger partial charge >= 0.3 is 0 Å². The van der Waals surface area contributed by atoms with Crippen LogP contribution in [0.2, 0.25) is 0 Å². The number of hydrogen-bond donors (Lipinski definition) is 3.